The van der Waals surface area contributed by atoms with Gasteiger partial charge in [-0.3, -0.25) is 0 Å². The normalized spacial score (nSPS) is 12.3. The lowest BCUT2D eigenvalue weighted by atomic mass is 10.0. The molecule has 2 rings (SSSR count). The number of benzene rings is 2. The highest BCUT2D eigenvalue weighted by molar-refractivity contribution is 14.1. The van der Waals surface area contributed by atoms with Crippen LogP contribution in [0.4, 0.5) is 0 Å². The summed E-state index contributed by atoms with van der Waals surface area (Å²) in [5.74, 6) is 0.644. The molecular weight excluding hydrogens is 442 g/mol. The maximum absolute atomic E-state index is 10.5. The fourth-order valence-corrected chi connectivity index (χ4v) is 2.68. The summed E-state index contributed by atoms with van der Waals surface area (Å²) in [7, 11) is 1.58. The number of aliphatic hydroxyl groups is 1. The third-order valence-electron chi connectivity index (χ3n) is 2.75. The Hall–Kier alpha value is -0.300. The Bertz CT molecular complexity index is 604. The summed E-state index contributed by atoms with van der Waals surface area (Å²) in [6, 6.07) is 11.0. The highest BCUT2D eigenvalue weighted by Gasteiger charge is 2.16. The minimum absolute atomic E-state index is 0.631. The second-order valence-corrected chi connectivity index (χ2v) is 6.45. The van der Waals surface area contributed by atoms with Crippen LogP contribution >= 0.6 is 50.1 Å². The molecule has 0 saturated carbocycles. The molecular formula is C14H11BrClIO2. The van der Waals surface area contributed by atoms with Crippen LogP contribution in [0.15, 0.2) is 40.9 Å². The van der Waals surface area contributed by atoms with Gasteiger partial charge in [-0.2, -0.15) is 0 Å². The van der Waals surface area contributed by atoms with Crippen molar-refractivity contribution in [1.29, 1.82) is 0 Å². The van der Waals surface area contributed by atoms with Crippen molar-refractivity contribution < 1.29 is 9.84 Å². The van der Waals surface area contributed by atoms with E-state index in [1.54, 1.807) is 13.2 Å². The summed E-state index contributed by atoms with van der Waals surface area (Å²) in [6.45, 7) is 0. The van der Waals surface area contributed by atoms with Gasteiger partial charge in [-0.05, 0) is 58.5 Å². The van der Waals surface area contributed by atoms with E-state index in [0.29, 0.717) is 16.3 Å². The number of ether oxygens (including phenoxy) is 1. The molecule has 0 bridgehead atoms. The molecule has 2 aromatic rings. The molecule has 1 unspecified atom stereocenters. The van der Waals surface area contributed by atoms with E-state index in [0.717, 1.165) is 13.6 Å². The van der Waals surface area contributed by atoms with Crippen LogP contribution in [-0.2, 0) is 0 Å². The van der Waals surface area contributed by atoms with Gasteiger partial charge in [0.1, 0.15) is 11.9 Å². The van der Waals surface area contributed by atoms with Crippen LogP contribution in [0.5, 0.6) is 5.75 Å². The van der Waals surface area contributed by atoms with Crippen molar-refractivity contribution in [1.82, 2.24) is 0 Å². The minimum atomic E-state index is -0.776. The van der Waals surface area contributed by atoms with Gasteiger partial charge in [0.2, 0.25) is 0 Å². The van der Waals surface area contributed by atoms with E-state index in [-0.39, 0.29) is 0 Å². The van der Waals surface area contributed by atoms with E-state index in [2.05, 4.69) is 38.5 Å². The summed E-state index contributed by atoms with van der Waals surface area (Å²) >= 11 is 11.6. The number of aliphatic hydroxyl groups excluding tert-OH is 1. The lowest BCUT2D eigenvalue weighted by Crippen LogP contribution is -2.02. The molecule has 100 valence electrons. The van der Waals surface area contributed by atoms with Crippen LogP contribution in [0, 0.1) is 3.57 Å². The Kier molecular flexibility index (Phi) is 5.11. The average Bonchev–Trinajstić information content (AvgIpc) is 2.41. The van der Waals surface area contributed by atoms with Gasteiger partial charge in [0.05, 0.1) is 12.1 Å². The van der Waals surface area contributed by atoms with Crippen molar-refractivity contribution >= 4 is 50.1 Å². The summed E-state index contributed by atoms with van der Waals surface area (Å²) < 4.78 is 7.12. The molecule has 19 heavy (non-hydrogen) atoms. The molecule has 0 aromatic heterocycles. The van der Waals surface area contributed by atoms with Crippen LogP contribution in [0.1, 0.15) is 17.2 Å². The number of hydrogen-bond acceptors (Lipinski definition) is 2. The quantitative estimate of drug-likeness (QED) is 0.677. The van der Waals surface area contributed by atoms with Gasteiger partial charge in [0, 0.05) is 13.6 Å². The third-order valence-corrected chi connectivity index (χ3v) is 4.81. The molecule has 0 fully saturated rings. The van der Waals surface area contributed by atoms with Crippen molar-refractivity contribution in [2.45, 2.75) is 6.10 Å². The molecule has 1 N–H and O–H groups in total. The number of methoxy groups -OCH3 is 1. The first kappa shape index (κ1) is 15.1. The van der Waals surface area contributed by atoms with Crippen molar-refractivity contribution in [3.8, 4) is 5.75 Å². The van der Waals surface area contributed by atoms with E-state index >= 15 is 0 Å². The number of hydrogen-bond donors (Lipinski definition) is 1. The Labute approximate surface area is 139 Å². The van der Waals surface area contributed by atoms with E-state index < -0.39 is 6.10 Å². The van der Waals surface area contributed by atoms with E-state index in [9.17, 15) is 5.11 Å². The fourth-order valence-electron chi connectivity index (χ4n) is 1.78. The first-order chi connectivity index (χ1) is 9.02. The molecule has 2 aromatic carbocycles. The Morgan fingerprint density at radius 3 is 2.63 bits per heavy atom. The summed E-state index contributed by atoms with van der Waals surface area (Å²) in [6.07, 6.45) is -0.776. The van der Waals surface area contributed by atoms with Crippen LogP contribution in [-0.4, -0.2) is 12.2 Å². The lowest BCUT2D eigenvalue weighted by Gasteiger charge is -2.16. The van der Waals surface area contributed by atoms with Gasteiger partial charge < -0.3 is 9.84 Å². The highest BCUT2D eigenvalue weighted by atomic mass is 127. The molecule has 0 spiro atoms. The van der Waals surface area contributed by atoms with Gasteiger partial charge in [-0.1, -0.05) is 33.6 Å². The molecule has 0 heterocycles. The predicted molar refractivity (Wildman–Crippen MR) is 88.9 cm³/mol. The predicted octanol–water partition coefficient (Wildman–Crippen LogP) is 4.80. The largest absolute Gasteiger partial charge is 0.496 e. The van der Waals surface area contributed by atoms with Gasteiger partial charge in [-0.25, -0.2) is 0 Å². The second kappa shape index (κ2) is 6.43. The summed E-state index contributed by atoms with van der Waals surface area (Å²) in [5, 5.41) is 11.1. The molecule has 2 nitrogen and oxygen atoms in total. The van der Waals surface area contributed by atoms with Crippen molar-refractivity contribution in [3.05, 3.63) is 60.6 Å². The van der Waals surface area contributed by atoms with Crippen LogP contribution < -0.4 is 4.74 Å². The molecule has 5 heteroatoms. The first-order valence-corrected chi connectivity index (χ1v) is 7.74. The Morgan fingerprint density at radius 2 is 2.00 bits per heavy atom. The molecule has 1 atom stereocenters. The van der Waals surface area contributed by atoms with Crippen LogP contribution in [0.25, 0.3) is 0 Å². The topological polar surface area (TPSA) is 29.5 Å². The Balaban J connectivity index is 2.45. The standard InChI is InChI=1S/C14H11BrClIO2/c1-19-13-5-3-9(15)7-10(13)14(18)8-2-4-12(17)11(16)6-8/h2-7,14,18H,1H3. The molecule has 0 saturated heterocycles. The fraction of sp³-hybridized carbons (Fsp3) is 0.143. The zero-order valence-corrected chi connectivity index (χ0v) is 14.5. The van der Waals surface area contributed by atoms with Gasteiger partial charge in [0.25, 0.3) is 0 Å². The zero-order chi connectivity index (χ0) is 14.0. The number of rotatable bonds is 3. The third kappa shape index (κ3) is 3.42. The van der Waals surface area contributed by atoms with Crippen LogP contribution in [0.3, 0.4) is 0 Å². The van der Waals surface area contributed by atoms with E-state index in [4.69, 9.17) is 16.3 Å². The average molecular weight is 454 g/mol. The van der Waals surface area contributed by atoms with Gasteiger partial charge in [0.15, 0.2) is 0 Å². The maximum atomic E-state index is 10.5. The summed E-state index contributed by atoms with van der Waals surface area (Å²) in [4.78, 5) is 0. The maximum Gasteiger partial charge on any atom is 0.125 e. The zero-order valence-electron chi connectivity index (χ0n) is 10.0. The first-order valence-electron chi connectivity index (χ1n) is 5.49. The molecule has 0 aliphatic rings. The smallest absolute Gasteiger partial charge is 0.125 e. The Morgan fingerprint density at radius 1 is 1.26 bits per heavy atom. The van der Waals surface area contributed by atoms with Gasteiger partial charge >= 0.3 is 0 Å². The second-order valence-electron chi connectivity index (χ2n) is 3.96. The van der Waals surface area contributed by atoms with E-state index in [1.807, 2.05) is 30.3 Å². The SMILES string of the molecule is COc1ccc(Br)cc1C(O)c1ccc(I)c(Cl)c1. The highest BCUT2D eigenvalue weighted by Crippen LogP contribution is 2.33. The molecule has 0 amide bonds. The summed E-state index contributed by atoms with van der Waals surface area (Å²) in [5.41, 5.74) is 1.44. The molecule has 0 radical (unpaired) electrons. The lowest BCUT2D eigenvalue weighted by molar-refractivity contribution is 0.214. The van der Waals surface area contributed by atoms with E-state index in [1.165, 1.54) is 0 Å². The van der Waals surface area contributed by atoms with Crippen molar-refractivity contribution in [2.24, 2.45) is 0 Å². The number of halogens is 3. The van der Waals surface area contributed by atoms with Gasteiger partial charge in [-0.15, -0.1) is 0 Å². The van der Waals surface area contributed by atoms with Crippen molar-refractivity contribution in [2.75, 3.05) is 7.11 Å². The monoisotopic (exact) mass is 452 g/mol. The van der Waals surface area contributed by atoms with Crippen molar-refractivity contribution in [3.63, 3.8) is 0 Å². The molecule has 0 aliphatic carbocycles. The van der Waals surface area contributed by atoms with Crippen LogP contribution in [0.2, 0.25) is 5.02 Å². The minimum Gasteiger partial charge on any atom is -0.496 e. The molecule has 0 aliphatic heterocycles.